The van der Waals surface area contributed by atoms with Crippen molar-refractivity contribution < 1.29 is 5.11 Å². The second-order valence-electron chi connectivity index (χ2n) is 6.58. The summed E-state index contributed by atoms with van der Waals surface area (Å²) >= 11 is 5.61. The molecule has 4 rings (SSSR count). The second-order valence-corrected chi connectivity index (χ2v) is 6.97. The number of aromatic nitrogens is 2. The molecule has 0 radical (unpaired) electrons. The van der Waals surface area contributed by atoms with Gasteiger partial charge in [-0.15, -0.1) is 0 Å². The van der Waals surface area contributed by atoms with E-state index < -0.39 is 0 Å². The highest BCUT2D eigenvalue weighted by Crippen LogP contribution is 2.38. The number of aliphatic hydroxyl groups excluding tert-OH is 1. The Morgan fingerprint density at radius 3 is 2.63 bits per heavy atom. The van der Waals surface area contributed by atoms with Gasteiger partial charge in [0.15, 0.2) is 5.11 Å². The zero-order chi connectivity index (χ0) is 18.6. The quantitative estimate of drug-likeness (QED) is 0.645. The summed E-state index contributed by atoms with van der Waals surface area (Å²) in [5, 5.41) is 13.4. The van der Waals surface area contributed by atoms with Crippen LogP contribution < -0.4 is 5.32 Å². The molecule has 0 unspecified atom stereocenters. The molecular formula is C21H22N4OS. The molecule has 2 aromatic heterocycles. The van der Waals surface area contributed by atoms with Gasteiger partial charge in [0, 0.05) is 37.4 Å². The van der Waals surface area contributed by atoms with Crippen molar-refractivity contribution in [2.45, 2.75) is 18.5 Å². The van der Waals surface area contributed by atoms with E-state index in [0.717, 1.165) is 11.4 Å². The number of rotatable bonds is 6. The highest BCUT2D eigenvalue weighted by atomic mass is 32.1. The van der Waals surface area contributed by atoms with E-state index in [1.54, 1.807) is 0 Å². The Balaban J connectivity index is 1.70. The summed E-state index contributed by atoms with van der Waals surface area (Å²) in [7, 11) is 0. The standard InChI is InChI=1S/C21H22N4OS/c26-14-6-12-25-20(19(23-21(25)27)18-9-4-5-11-22-18)16-10-13-24(15-16)17-7-2-1-3-8-17/h1-5,7-11,13,15,19-20,26H,6,12,14H2,(H,23,27)/t19-,20+/m1/s1. The van der Waals surface area contributed by atoms with Crippen LogP contribution in [-0.4, -0.2) is 37.8 Å². The van der Waals surface area contributed by atoms with Crippen molar-refractivity contribution in [2.24, 2.45) is 0 Å². The van der Waals surface area contributed by atoms with Crippen LogP contribution in [0.25, 0.3) is 5.69 Å². The Morgan fingerprint density at radius 2 is 1.89 bits per heavy atom. The molecule has 27 heavy (non-hydrogen) atoms. The second kappa shape index (κ2) is 7.90. The van der Waals surface area contributed by atoms with E-state index in [1.165, 1.54) is 5.56 Å². The maximum atomic E-state index is 9.30. The van der Waals surface area contributed by atoms with Gasteiger partial charge in [-0.05, 0) is 54.5 Å². The molecule has 3 heterocycles. The largest absolute Gasteiger partial charge is 0.396 e. The lowest BCUT2D eigenvalue weighted by atomic mass is 9.99. The molecule has 2 atom stereocenters. The van der Waals surface area contributed by atoms with Gasteiger partial charge in [-0.1, -0.05) is 24.3 Å². The van der Waals surface area contributed by atoms with Crippen molar-refractivity contribution in [1.82, 2.24) is 19.8 Å². The van der Waals surface area contributed by atoms with Crippen LogP contribution in [0.15, 0.2) is 73.2 Å². The summed E-state index contributed by atoms with van der Waals surface area (Å²) in [6.07, 6.45) is 6.71. The number of aliphatic hydroxyl groups is 1. The fourth-order valence-electron chi connectivity index (χ4n) is 3.60. The fourth-order valence-corrected chi connectivity index (χ4v) is 3.93. The highest BCUT2D eigenvalue weighted by molar-refractivity contribution is 7.80. The van der Waals surface area contributed by atoms with Gasteiger partial charge in [0.25, 0.3) is 0 Å². The Kier molecular flexibility index (Phi) is 5.18. The van der Waals surface area contributed by atoms with E-state index in [1.807, 2.05) is 42.6 Å². The number of nitrogens with one attached hydrogen (secondary N) is 1. The van der Waals surface area contributed by atoms with Crippen LogP contribution in [0.3, 0.4) is 0 Å². The van der Waals surface area contributed by atoms with E-state index in [0.29, 0.717) is 18.1 Å². The Labute approximate surface area is 164 Å². The SMILES string of the molecule is OCCCN1C(=S)N[C@H](c2ccccn2)[C@@H]1c1ccn(-c2ccccc2)c1. The normalized spacial score (nSPS) is 19.3. The van der Waals surface area contributed by atoms with E-state index in [2.05, 4.69) is 50.4 Å². The van der Waals surface area contributed by atoms with Gasteiger partial charge in [0.1, 0.15) is 0 Å². The molecule has 1 saturated heterocycles. The maximum absolute atomic E-state index is 9.30. The molecule has 1 fully saturated rings. The van der Waals surface area contributed by atoms with Crippen LogP contribution in [-0.2, 0) is 0 Å². The number of hydrogen-bond acceptors (Lipinski definition) is 3. The summed E-state index contributed by atoms with van der Waals surface area (Å²) in [6, 6.07) is 18.3. The molecule has 3 aromatic rings. The number of thiocarbonyl (C=S) groups is 1. The first-order valence-corrected chi connectivity index (χ1v) is 9.51. The topological polar surface area (TPSA) is 53.3 Å². The van der Waals surface area contributed by atoms with Gasteiger partial charge in [-0.3, -0.25) is 4.98 Å². The monoisotopic (exact) mass is 378 g/mol. The van der Waals surface area contributed by atoms with Crippen LogP contribution in [0.5, 0.6) is 0 Å². The molecular weight excluding hydrogens is 356 g/mol. The summed E-state index contributed by atoms with van der Waals surface area (Å²) in [6.45, 7) is 0.845. The molecule has 1 aliphatic rings. The smallest absolute Gasteiger partial charge is 0.170 e. The predicted octanol–water partition coefficient (Wildman–Crippen LogP) is 3.23. The molecule has 5 nitrogen and oxygen atoms in total. The third kappa shape index (κ3) is 3.59. The van der Waals surface area contributed by atoms with Gasteiger partial charge in [-0.25, -0.2) is 0 Å². The molecule has 0 bridgehead atoms. The molecule has 138 valence electrons. The first-order valence-electron chi connectivity index (χ1n) is 9.10. The van der Waals surface area contributed by atoms with Crippen LogP contribution in [0.1, 0.15) is 29.8 Å². The van der Waals surface area contributed by atoms with Crippen molar-refractivity contribution in [1.29, 1.82) is 0 Å². The van der Waals surface area contributed by atoms with Crippen LogP contribution >= 0.6 is 12.2 Å². The third-order valence-electron chi connectivity index (χ3n) is 4.87. The maximum Gasteiger partial charge on any atom is 0.170 e. The van der Waals surface area contributed by atoms with Crippen molar-refractivity contribution in [3.05, 3.63) is 84.4 Å². The number of nitrogens with zero attached hydrogens (tertiary/aromatic N) is 3. The van der Waals surface area contributed by atoms with E-state index in [-0.39, 0.29) is 18.7 Å². The van der Waals surface area contributed by atoms with Gasteiger partial charge in [-0.2, -0.15) is 0 Å². The lowest BCUT2D eigenvalue weighted by Crippen LogP contribution is -2.31. The van der Waals surface area contributed by atoms with Gasteiger partial charge >= 0.3 is 0 Å². The first kappa shape index (κ1) is 17.7. The molecule has 0 saturated carbocycles. The summed E-state index contributed by atoms with van der Waals surface area (Å²) in [4.78, 5) is 6.71. The lowest BCUT2D eigenvalue weighted by molar-refractivity contribution is 0.247. The summed E-state index contributed by atoms with van der Waals surface area (Å²) < 4.78 is 2.12. The lowest BCUT2D eigenvalue weighted by Gasteiger charge is -2.27. The minimum atomic E-state index is -0.0241. The Morgan fingerprint density at radius 1 is 1.07 bits per heavy atom. The van der Waals surface area contributed by atoms with E-state index >= 15 is 0 Å². The number of hydrogen-bond donors (Lipinski definition) is 2. The number of benzene rings is 1. The van der Waals surface area contributed by atoms with Crippen LogP contribution in [0.2, 0.25) is 0 Å². The van der Waals surface area contributed by atoms with Crippen molar-refractivity contribution in [2.75, 3.05) is 13.2 Å². The zero-order valence-electron chi connectivity index (χ0n) is 14.9. The molecule has 1 aromatic carbocycles. The molecule has 0 spiro atoms. The van der Waals surface area contributed by atoms with Gasteiger partial charge in [0.2, 0.25) is 0 Å². The average Bonchev–Trinajstić information content (AvgIpc) is 3.32. The Bertz CT molecular complexity index is 897. The minimum absolute atomic E-state index is 0.0241. The molecule has 2 N–H and O–H groups in total. The molecule has 6 heteroatoms. The van der Waals surface area contributed by atoms with Crippen molar-refractivity contribution in [3.8, 4) is 5.69 Å². The van der Waals surface area contributed by atoms with E-state index in [4.69, 9.17) is 12.2 Å². The molecule has 0 amide bonds. The highest BCUT2D eigenvalue weighted by Gasteiger charge is 2.39. The zero-order valence-corrected chi connectivity index (χ0v) is 15.7. The predicted molar refractivity (Wildman–Crippen MR) is 110 cm³/mol. The average molecular weight is 379 g/mol. The van der Waals surface area contributed by atoms with E-state index in [9.17, 15) is 5.11 Å². The number of para-hydroxylation sites is 1. The summed E-state index contributed by atoms with van der Waals surface area (Å²) in [5.74, 6) is 0. The fraction of sp³-hybridized carbons (Fsp3) is 0.238. The van der Waals surface area contributed by atoms with Crippen molar-refractivity contribution >= 4 is 17.3 Å². The Hall–Kier alpha value is -2.70. The number of pyridine rings is 1. The van der Waals surface area contributed by atoms with Gasteiger partial charge < -0.3 is 19.9 Å². The van der Waals surface area contributed by atoms with Crippen molar-refractivity contribution in [3.63, 3.8) is 0 Å². The van der Waals surface area contributed by atoms with Crippen LogP contribution in [0.4, 0.5) is 0 Å². The molecule has 1 aliphatic heterocycles. The van der Waals surface area contributed by atoms with Crippen LogP contribution in [0, 0.1) is 0 Å². The minimum Gasteiger partial charge on any atom is -0.396 e. The molecule has 0 aliphatic carbocycles. The first-order chi connectivity index (χ1) is 13.3. The van der Waals surface area contributed by atoms with Gasteiger partial charge in [0.05, 0.1) is 17.8 Å². The third-order valence-corrected chi connectivity index (χ3v) is 5.22. The summed E-state index contributed by atoms with van der Waals surface area (Å²) in [5.41, 5.74) is 3.25.